The van der Waals surface area contributed by atoms with Crippen LogP contribution in [0.1, 0.15) is 6.92 Å². The Hall–Kier alpha value is -0.700. The molecule has 0 aliphatic carbocycles. The summed E-state index contributed by atoms with van der Waals surface area (Å²) in [5.74, 6) is 0.603. The summed E-state index contributed by atoms with van der Waals surface area (Å²) in [6.45, 7) is 5.13. The fourth-order valence-electron chi connectivity index (χ4n) is 1.45. The number of rotatable bonds is 4. The van der Waals surface area contributed by atoms with E-state index < -0.39 is 0 Å². The van der Waals surface area contributed by atoms with E-state index in [2.05, 4.69) is 36.2 Å². The van der Waals surface area contributed by atoms with Crippen molar-refractivity contribution >= 4 is 0 Å². The Morgan fingerprint density at radius 3 is 2.75 bits per heavy atom. The second-order valence-corrected chi connectivity index (χ2v) is 3.53. The average Bonchev–Trinajstić information content (AvgIpc) is 2.36. The van der Waals surface area contributed by atoms with E-state index in [1.165, 1.54) is 0 Å². The molecule has 0 bridgehead atoms. The van der Waals surface area contributed by atoms with Crippen molar-refractivity contribution < 1.29 is 4.74 Å². The van der Waals surface area contributed by atoms with Crippen LogP contribution in [-0.2, 0) is 4.74 Å². The predicted molar refractivity (Wildman–Crippen MR) is 49.5 cm³/mol. The van der Waals surface area contributed by atoms with Gasteiger partial charge in [0.05, 0.1) is 13.3 Å². The van der Waals surface area contributed by atoms with Crippen LogP contribution in [-0.4, -0.2) is 43.8 Å². The number of nitrogens with zero attached hydrogens (tertiary/aromatic N) is 2. The first-order valence-corrected chi connectivity index (χ1v) is 4.34. The minimum absolute atomic E-state index is 0.603. The van der Waals surface area contributed by atoms with Crippen LogP contribution in [0.5, 0.6) is 0 Å². The Balaban J connectivity index is 2.19. The zero-order valence-corrected chi connectivity index (χ0v) is 8.16. The van der Waals surface area contributed by atoms with Crippen LogP contribution in [0.2, 0.25) is 0 Å². The number of ether oxygens (including phenoxy) is 1. The molecule has 70 valence electrons. The van der Waals surface area contributed by atoms with Crippen LogP contribution in [0, 0.1) is 5.92 Å². The average molecular weight is 170 g/mol. The van der Waals surface area contributed by atoms with Gasteiger partial charge >= 0.3 is 0 Å². The summed E-state index contributed by atoms with van der Waals surface area (Å²) >= 11 is 0. The van der Waals surface area contributed by atoms with Gasteiger partial charge in [-0.3, -0.25) is 0 Å². The maximum Gasteiger partial charge on any atom is 0.0890 e. The van der Waals surface area contributed by atoms with Gasteiger partial charge in [-0.15, -0.1) is 0 Å². The van der Waals surface area contributed by atoms with Gasteiger partial charge in [0.2, 0.25) is 0 Å². The quantitative estimate of drug-likeness (QED) is 0.624. The molecule has 0 aromatic carbocycles. The molecule has 0 radical (unpaired) electrons. The predicted octanol–water partition coefficient (Wildman–Crippen LogP) is 0.945. The van der Waals surface area contributed by atoms with Gasteiger partial charge < -0.3 is 14.5 Å². The van der Waals surface area contributed by atoms with E-state index in [4.69, 9.17) is 4.74 Å². The van der Waals surface area contributed by atoms with E-state index in [1.54, 1.807) is 7.11 Å². The molecule has 1 unspecified atom stereocenters. The van der Waals surface area contributed by atoms with Gasteiger partial charge in [0.15, 0.2) is 0 Å². The molecule has 12 heavy (non-hydrogen) atoms. The maximum atomic E-state index is 5.08. The van der Waals surface area contributed by atoms with E-state index in [0.29, 0.717) is 5.92 Å². The van der Waals surface area contributed by atoms with Crippen LogP contribution in [0.4, 0.5) is 0 Å². The molecule has 1 heterocycles. The molecule has 0 amide bonds. The molecule has 1 aliphatic rings. The summed E-state index contributed by atoms with van der Waals surface area (Å²) in [5, 5.41) is 0. The van der Waals surface area contributed by atoms with E-state index in [-0.39, 0.29) is 0 Å². The fraction of sp³-hybridized carbons (Fsp3) is 0.778. The Labute approximate surface area is 74.6 Å². The van der Waals surface area contributed by atoms with Gasteiger partial charge in [-0.05, 0) is 5.92 Å². The minimum Gasteiger partial charge on any atom is -0.384 e. The molecule has 1 aliphatic heterocycles. The van der Waals surface area contributed by atoms with Gasteiger partial charge in [-0.1, -0.05) is 6.92 Å². The van der Waals surface area contributed by atoms with Crippen molar-refractivity contribution in [2.24, 2.45) is 5.92 Å². The van der Waals surface area contributed by atoms with Crippen molar-refractivity contribution in [3.63, 3.8) is 0 Å². The third kappa shape index (κ3) is 2.74. The van der Waals surface area contributed by atoms with Crippen molar-refractivity contribution in [1.82, 2.24) is 9.80 Å². The highest BCUT2D eigenvalue weighted by molar-refractivity contribution is 4.88. The lowest BCUT2D eigenvalue weighted by Gasteiger charge is -2.21. The molecule has 3 nitrogen and oxygen atoms in total. The van der Waals surface area contributed by atoms with Gasteiger partial charge in [-0.2, -0.15) is 0 Å². The molecule has 1 rings (SSSR count). The Kier molecular flexibility index (Phi) is 3.41. The molecule has 0 N–H and O–H groups in total. The van der Waals surface area contributed by atoms with Gasteiger partial charge in [-0.25, -0.2) is 0 Å². The summed E-state index contributed by atoms with van der Waals surface area (Å²) in [6, 6.07) is 0. The molecular weight excluding hydrogens is 152 g/mol. The van der Waals surface area contributed by atoms with E-state index in [9.17, 15) is 0 Å². The third-order valence-corrected chi connectivity index (χ3v) is 1.93. The number of hydrogen-bond donors (Lipinski definition) is 0. The fourth-order valence-corrected chi connectivity index (χ4v) is 1.45. The molecule has 3 heteroatoms. The standard InChI is InChI=1S/C9H18N2O/c1-9(7-12-3)6-11-5-4-10(2)8-11/h4-5,9H,6-8H2,1-3H3. The summed E-state index contributed by atoms with van der Waals surface area (Å²) in [5.41, 5.74) is 0. The van der Waals surface area contributed by atoms with Crippen LogP contribution < -0.4 is 0 Å². The molecule has 0 aromatic heterocycles. The normalized spacial score (nSPS) is 18.9. The number of methoxy groups -OCH3 is 1. The van der Waals surface area contributed by atoms with Crippen molar-refractivity contribution in [1.29, 1.82) is 0 Å². The van der Waals surface area contributed by atoms with Crippen LogP contribution in [0.3, 0.4) is 0 Å². The second-order valence-electron chi connectivity index (χ2n) is 3.53. The second kappa shape index (κ2) is 4.36. The van der Waals surface area contributed by atoms with Gasteiger partial charge in [0, 0.05) is 33.1 Å². The largest absolute Gasteiger partial charge is 0.384 e. The van der Waals surface area contributed by atoms with Crippen molar-refractivity contribution in [3.05, 3.63) is 12.4 Å². The van der Waals surface area contributed by atoms with Crippen molar-refractivity contribution in [2.45, 2.75) is 6.92 Å². The molecule has 0 saturated carbocycles. The zero-order valence-electron chi connectivity index (χ0n) is 8.16. The minimum atomic E-state index is 0.603. The van der Waals surface area contributed by atoms with Crippen LogP contribution in [0.25, 0.3) is 0 Å². The Bertz CT molecular complexity index is 159. The first-order valence-electron chi connectivity index (χ1n) is 4.34. The molecule has 0 spiro atoms. The lowest BCUT2D eigenvalue weighted by molar-refractivity contribution is 0.138. The highest BCUT2D eigenvalue weighted by atomic mass is 16.5. The maximum absolute atomic E-state index is 5.08. The molecule has 0 fully saturated rings. The van der Waals surface area contributed by atoms with Gasteiger partial charge in [0.1, 0.15) is 0 Å². The van der Waals surface area contributed by atoms with E-state index in [1.807, 2.05) is 0 Å². The van der Waals surface area contributed by atoms with Crippen LogP contribution >= 0.6 is 0 Å². The number of hydrogen-bond acceptors (Lipinski definition) is 3. The highest BCUT2D eigenvalue weighted by Crippen LogP contribution is 2.07. The topological polar surface area (TPSA) is 15.7 Å². The highest BCUT2D eigenvalue weighted by Gasteiger charge is 2.11. The van der Waals surface area contributed by atoms with E-state index >= 15 is 0 Å². The third-order valence-electron chi connectivity index (χ3n) is 1.93. The molecule has 0 saturated heterocycles. The first-order chi connectivity index (χ1) is 5.72. The Morgan fingerprint density at radius 2 is 2.25 bits per heavy atom. The molecule has 0 aromatic rings. The summed E-state index contributed by atoms with van der Waals surface area (Å²) in [4.78, 5) is 4.46. The smallest absolute Gasteiger partial charge is 0.0890 e. The SMILES string of the molecule is COCC(C)CN1C=CN(C)C1. The molecular formula is C9H18N2O. The lowest BCUT2D eigenvalue weighted by Crippen LogP contribution is -2.28. The van der Waals surface area contributed by atoms with E-state index in [0.717, 1.165) is 19.8 Å². The first kappa shape index (κ1) is 9.39. The summed E-state index contributed by atoms with van der Waals surface area (Å²) < 4.78 is 5.08. The van der Waals surface area contributed by atoms with Crippen molar-refractivity contribution in [2.75, 3.05) is 34.0 Å². The lowest BCUT2D eigenvalue weighted by atomic mass is 10.2. The van der Waals surface area contributed by atoms with Crippen molar-refractivity contribution in [3.8, 4) is 0 Å². The van der Waals surface area contributed by atoms with Crippen LogP contribution in [0.15, 0.2) is 12.4 Å². The summed E-state index contributed by atoms with van der Waals surface area (Å²) in [7, 11) is 3.83. The molecule has 1 atom stereocenters. The van der Waals surface area contributed by atoms with Gasteiger partial charge in [0.25, 0.3) is 0 Å². The summed E-state index contributed by atoms with van der Waals surface area (Å²) in [6.07, 6.45) is 4.23. The monoisotopic (exact) mass is 170 g/mol. The Morgan fingerprint density at radius 1 is 1.50 bits per heavy atom. The zero-order chi connectivity index (χ0) is 8.97.